The van der Waals surface area contributed by atoms with E-state index in [2.05, 4.69) is 25.8 Å². The van der Waals surface area contributed by atoms with Gasteiger partial charge < -0.3 is 9.47 Å². The predicted octanol–water partition coefficient (Wildman–Crippen LogP) is 2.93. The average Bonchev–Trinajstić information content (AvgIpc) is 2.86. The average molecular weight is 237 g/mol. The van der Waals surface area contributed by atoms with E-state index in [9.17, 15) is 0 Å². The van der Waals surface area contributed by atoms with Gasteiger partial charge >= 0.3 is 0 Å². The summed E-state index contributed by atoms with van der Waals surface area (Å²) in [6.07, 6.45) is 7.10. The molecule has 1 saturated carbocycles. The summed E-state index contributed by atoms with van der Waals surface area (Å²) in [5.74, 6) is 1.57. The van der Waals surface area contributed by atoms with E-state index in [1.807, 2.05) is 0 Å². The maximum absolute atomic E-state index is 5.97. The molecule has 0 amide bonds. The minimum atomic E-state index is -0.213. The number of nitrogens with zero attached hydrogens (tertiary/aromatic N) is 1. The molecule has 0 aromatic carbocycles. The second-order valence-electron chi connectivity index (χ2n) is 6.56. The molecule has 0 aromatic rings. The minimum Gasteiger partial charge on any atom is -0.476 e. The van der Waals surface area contributed by atoms with Crippen LogP contribution in [0.3, 0.4) is 0 Å². The zero-order valence-corrected chi connectivity index (χ0v) is 11.2. The third kappa shape index (κ3) is 1.99. The second-order valence-corrected chi connectivity index (χ2v) is 6.56. The third-order valence-electron chi connectivity index (χ3n) is 4.33. The fraction of sp³-hybridized carbons (Fsp3) is 0.929. The molecule has 0 spiro atoms. The van der Waals surface area contributed by atoms with Crippen LogP contribution in [0.5, 0.6) is 0 Å². The van der Waals surface area contributed by atoms with Gasteiger partial charge in [0.2, 0.25) is 5.90 Å². The number of aliphatic imine (C=N–C) groups is 1. The van der Waals surface area contributed by atoms with E-state index >= 15 is 0 Å². The molecule has 2 heterocycles. The minimum absolute atomic E-state index is 0.0680. The Labute approximate surface area is 104 Å². The summed E-state index contributed by atoms with van der Waals surface area (Å²) in [4.78, 5) is 4.67. The van der Waals surface area contributed by atoms with E-state index < -0.39 is 0 Å². The zero-order valence-electron chi connectivity index (χ0n) is 11.2. The Hall–Kier alpha value is -0.570. The Balaban J connectivity index is 1.69. The highest BCUT2D eigenvalue weighted by atomic mass is 16.6. The third-order valence-corrected chi connectivity index (χ3v) is 4.33. The highest BCUT2D eigenvalue weighted by Gasteiger charge is 2.62. The molecule has 0 bridgehead atoms. The van der Waals surface area contributed by atoms with Crippen LogP contribution >= 0.6 is 0 Å². The molecule has 3 nitrogen and oxygen atoms in total. The highest BCUT2D eigenvalue weighted by molar-refractivity contribution is 5.89. The van der Waals surface area contributed by atoms with Gasteiger partial charge in [-0.25, -0.2) is 4.99 Å². The van der Waals surface area contributed by atoms with Crippen LogP contribution in [0.2, 0.25) is 0 Å². The first-order chi connectivity index (χ1) is 8.01. The Morgan fingerprint density at radius 2 is 1.82 bits per heavy atom. The van der Waals surface area contributed by atoms with E-state index in [4.69, 9.17) is 9.47 Å². The molecule has 0 aromatic heterocycles. The van der Waals surface area contributed by atoms with Gasteiger partial charge in [-0.15, -0.1) is 0 Å². The van der Waals surface area contributed by atoms with Gasteiger partial charge in [-0.2, -0.15) is 0 Å². The number of epoxide rings is 1. The Morgan fingerprint density at radius 3 is 2.41 bits per heavy atom. The Bertz CT molecular complexity index is 344. The van der Waals surface area contributed by atoms with E-state index in [-0.39, 0.29) is 11.1 Å². The fourth-order valence-electron chi connectivity index (χ4n) is 3.22. The lowest BCUT2D eigenvalue weighted by Crippen LogP contribution is -2.28. The van der Waals surface area contributed by atoms with Gasteiger partial charge in [0.05, 0.1) is 11.6 Å². The normalized spacial score (nSPS) is 40.9. The Kier molecular flexibility index (Phi) is 2.51. The number of rotatable bonds is 2. The monoisotopic (exact) mass is 237 g/mol. The first-order valence-electron chi connectivity index (χ1n) is 6.92. The van der Waals surface area contributed by atoms with Gasteiger partial charge in [-0.1, -0.05) is 19.3 Å². The molecule has 0 unspecified atom stereocenters. The maximum Gasteiger partial charge on any atom is 0.219 e. The number of hydrogen-bond acceptors (Lipinski definition) is 3. The van der Waals surface area contributed by atoms with Gasteiger partial charge in [0.15, 0.2) is 5.60 Å². The van der Waals surface area contributed by atoms with Crippen molar-refractivity contribution in [3.8, 4) is 0 Å². The molecule has 2 aliphatic heterocycles. The molecule has 3 aliphatic rings. The molecule has 3 heteroatoms. The van der Waals surface area contributed by atoms with Crippen LogP contribution < -0.4 is 0 Å². The van der Waals surface area contributed by atoms with Crippen LogP contribution in [0, 0.1) is 5.92 Å². The molecule has 2 atom stereocenters. The van der Waals surface area contributed by atoms with E-state index in [0.717, 1.165) is 11.8 Å². The van der Waals surface area contributed by atoms with Crippen LogP contribution in [0.15, 0.2) is 4.99 Å². The van der Waals surface area contributed by atoms with Crippen molar-refractivity contribution in [2.75, 3.05) is 6.61 Å². The fourth-order valence-corrected chi connectivity index (χ4v) is 3.22. The topological polar surface area (TPSA) is 34.1 Å². The molecule has 17 heavy (non-hydrogen) atoms. The molecule has 0 radical (unpaired) electrons. The summed E-state index contributed by atoms with van der Waals surface area (Å²) in [6.45, 7) is 7.06. The SMILES string of the molecule is CC1(C)COC([C@]2(C)O[C@@H]2C2CCCCC2)=N1. The lowest BCUT2D eigenvalue weighted by atomic mass is 9.83. The summed E-state index contributed by atoms with van der Waals surface area (Å²) < 4.78 is 11.7. The van der Waals surface area contributed by atoms with E-state index in [1.165, 1.54) is 32.1 Å². The van der Waals surface area contributed by atoms with E-state index in [1.54, 1.807) is 0 Å². The van der Waals surface area contributed by atoms with Crippen molar-refractivity contribution in [2.24, 2.45) is 10.9 Å². The first kappa shape index (κ1) is 11.5. The van der Waals surface area contributed by atoms with Gasteiger partial charge in [-0.05, 0) is 39.5 Å². The molecule has 0 N–H and O–H groups in total. The lowest BCUT2D eigenvalue weighted by Gasteiger charge is -2.20. The van der Waals surface area contributed by atoms with Crippen molar-refractivity contribution < 1.29 is 9.47 Å². The lowest BCUT2D eigenvalue weighted by molar-refractivity contribution is 0.241. The maximum atomic E-state index is 5.97. The van der Waals surface area contributed by atoms with Crippen LogP contribution in [-0.4, -0.2) is 29.7 Å². The largest absolute Gasteiger partial charge is 0.476 e. The van der Waals surface area contributed by atoms with Crippen molar-refractivity contribution in [2.45, 2.75) is 70.1 Å². The summed E-state index contributed by atoms with van der Waals surface area (Å²) >= 11 is 0. The quantitative estimate of drug-likeness (QED) is 0.692. The van der Waals surface area contributed by atoms with Crippen LogP contribution in [0.4, 0.5) is 0 Å². The van der Waals surface area contributed by atoms with Crippen LogP contribution in [-0.2, 0) is 9.47 Å². The summed E-state index contributed by atoms with van der Waals surface area (Å²) in [5, 5.41) is 0. The molecule has 96 valence electrons. The van der Waals surface area contributed by atoms with Crippen molar-refractivity contribution in [3.63, 3.8) is 0 Å². The smallest absolute Gasteiger partial charge is 0.219 e. The summed E-state index contributed by atoms with van der Waals surface area (Å²) in [5.41, 5.74) is -0.281. The Morgan fingerprint density at radius 1 is 1.12 bits per heavy atom. The molecule has 1 aliphatic carbocycles. The van der Waals surface area contributed by atoms with Gasteiger partial charge in [0.1, 0.15) is 6.61 Å². The highest BCUT2D eigenvalue weighted by Crippen LogP contribution is 2.48. The summed E-state index contributed by atoms with van der Waals surface area (Å²) in [6, 6.07) is 0. The molecular formula is C14H23NO2. The second kappa shape index (κ2) is 3.71. The standard InChI is InChI=1S/C14H23NO2/c1-13(2)9-16-12(15-13)14(3)11(17-14)10-7-5-4-6-8-10/h10-11H,4-9H2,1-3H3/t11-,14-/m1/s1. The van der Waals surface area contributed by atoms with Crippen LogP contribution in [0.25, 0.3) is 0 Å². The summed E-state index contributed by atoms with van der Waals surface area (Å²) in [7, 11) is 0. The van der Waals surface area contributed by atoms with Crippen molar-refractivity contribution in [1.29, 1.82) is 0 Å². The zero-order chi connectivity index (χ0) is 12.1. The van der Waals surface area contributed by atoms with Crippen molar-refractivity contribution in [1.82, 2.24) is 0 Å². The van der Waals surface area contributed by atoms with Crippen LogP contribution in [0.1, 0.15) is 52.9 Å². The van der Waals surface area contributed by atoms with Crippen molar-refractivity contribution in [3.05, 3.63) is 0 Å². The molecule has 3 rings (SSSR count). The number of hydrogen-bond donors (Lipinski definition) is 0. The molecule has 2 fully saturated rings. The van der Waals surface area contributed by atoms with Gasteiger partial charge in [0, 0.05) is 0 Å². The van der Waals surface area contributed by atoms with Gasteiger partial charge in [-0.3, -0.25) is 0 Å². The molecular weight excluding hydrogens is 214 g/mol. The predicted molar refractivity (Wildman–Crippen MR) is 67.3 cm³/mol. The first-order valence-corrected chi connectivity index (χ1v) is 6.92. The molecule has 1 saturated heterocycles. The van der Waals surface area contributed by atoms with E-state index in [0.29, 0.717) is 12.7 Å². The van der Waals surface area contributed by atoms with Crippen molar-refractivity contribution >= 4 is 5.90 Å². The van der Waals surface area contributed by atoms with Gasteiger partial charge in [0.25, 0.3) is 0 Å². The number of ether oxygens (including phenoxy) is 2.